The Hall–Kier alpha value is -2.08. The number of hydrogen-bond acceptors (Lipinski definition) is 14. The van der Waals surface area contributed by atoms with Crippen LogP contribution in [-0.4, -0.2) is 95.6 Å². The van der Waals surface area contributed by atoms with Gasteiger partial charge in [0.25, 0.3) is 5.56 Å². The molecule has 0 amide bonds. The summed E-state index contributed by atoms with van der Waals surface area (Å²) in [7, 11) is -4.29. The van der Waals surface area contributed by atoms with E-state index in [1.807, 2.05) is 0 Å². The molecule has 43 heavy (non-hydrogen) atoms. The van der Waals surface area contributed by atoms with Crippen molar-refractivity contribution in [3.63, 3.8) is 0 Å². The molecule has 3 heterocycles. The summed E-state index contributed by atoms with van der Waals surface area (Å²) >= 11 is 7.58. The minimum Gasteiger partial charge on any atom is -0.462 e. The molecule has 19 heteroatoms. The molecule has 0 aromatic carbocycles. The maximum Gasteiger partial charge on any atom is 0.406 e. The molecule has 0 radical (unpaired) electrons. The Labute approximate surface area is 256 Å². The van der Waals surface area contributed by atoms with Crippen LogP contribution in [0.5, 0.6) is 0 Å². The highest BCUT2D eigenvalue weighted by atomic mass is 35.5. The van der Waals surface area contributed by atoms with E-state index in [1.165, 1.54) is 24.7 Å². The maximum atomic E-state index is 13.8. The van der Waals surface area contributed by atoms with Crippen LogP contribution in [0.2, 0.25) is 0 Å². The van der Waals surface area contributed by atoms with Gasteiger partial charge in [-0.25, -0.2) is 14.6 Å². The number of nitrogens with one attached hydrogen (secondary N) is 2. The van der Waals surface area contributed by atoms with Crippen LogP contribution in [0, 0.1) is 5.41 Å². The van der Waals surface area contributed by atoms with Crippen LogP contribution in [0.25, 0.3) is 11.2 Å². The number of rotatable bonds is 14. The number of aromatic nitrogens is 4. The van der Waals surface area contributed by atoms with Crippen molar-refractivity contribution in [3.05, 3.63) is 16.7 Å². The topological polar surface area (TPSA) is 230 Å². The number of nitrogens with two attached hydrogens (primary N) is 1. The fourth-order valence-corrected chi connectivity index (χ4v) is 6.63. The van der Waals surface area contributed by atoms with Crippen LogP contribution in [0.1, 0.15) is 47.8 Å². The average Bonchev–Trinajstić information content (AvgIpc) is 3.42. The molecular formula is C24H38ClN6O10PS. The van der Waals surface area contributed by atoms with Crippen molar-refractivity contribution in [1.82, 2.24) is 24.6 Å². The van der Waals surface area contributed by atoms with Gasteiger partial charge in [0.15, 0.2) is 22.5 Å². The summed E-state index contributed by atoms with van der Waals surface area (Å²) in [5, 5.41) is 22.7. The van der Waals surface area contributed by atoms with Crippen molar-refractivity contribution < 1.29 is 42.9 Å². The number of H-pyrrole nitrogens is 1. The molecule has 0 aliphatic carbocycles. The van der Waals surface area contributed by atoms with Gasteiger partial charge < -0.3 is 25.4 Å². The van der Waals surface area contributed by atoms with Gasteiger partial charge >= 0.3 is 13.7 Å². The Morgan fingerprint density at radius 2 is 2.05 bits per heavy atom. The first-order valence-electron chi connectivity index (χ1n) is 13.3. The zero-order valence-electron chi connectivity index (χ0n) is 24.6. The molecule has 6 atom stereocenters. The van der Waals surface area contributed by atoms with E-state index in [0.29, 0.717) is 0 Å². The number of anilines is 1. The zero-order valence-corrected chi connectivity index (χ0v) is 27.1. The Morgan fingerprint density at radius 3 is 2.67 bits per heavy atom. The summed E-state index contributed by atoms with van der Waals surface area (Å²) in [4.78, 5) is 45.9. The lowest BCUT2D eigenvalue weighted by Crippen LogP contribution is -2.40. The lowest BCUT2D eigenvalue weighted by molar-refractivity contribution is -0.149. The Balaban J connectivity index is 1.76. The number of thioether (sulfide) groups is 1. The van der Waals surface area contributed by atoms with Gasteiger partial charge in [-0.2, -0.15) is 4.98 Å². The van der Waals surface area contributed by atoms with Crippen molar-refractivity contribution in [1.29, 1.82) is 0 Å². The third kappa shape index (κ3) is 8.35. The molecule has 1 saturated heterocycles. The van der Waals surface area contributed by atoms with E-state index in [9.17, 15) is 29.2 Å². The molecule has 0 saturated carbocycles. The third-order valence-corrected chi connectivity index (χ3v) is 9.72. The van der Waals surface area contributed by atoms with Gasteiger partial charge in [0, 0.05) is 5.75 Å². The summed E-state index contributed by atoms with van der Waals surface area (Å²) in [6, 6.07) is -1.12. The van der Waals surface area contributed by atoms with E-state index < -0.39 is 66.8 Å². The van der Waals surface area contributed by atoms with E-state index in [0.717, 1.165) is 11.8 Å². The smallest absolute Gasteiger partial charge is 0.406 e. The van der Waals surface area contributed by atoms with Crippen LogP contribution in [0.4, 0.5) is 5.95 Å². The summed E-state index contributed by atoms with van der Waals surface area (Å²) in [5.41, 5.74) is 4.17. The van der Waals surface area contributed by atoms with Gasteiger partial charge in [-0.3, -0.25) is 33.0 Å². The highest BCUT2D eigenvalue weighted by Crippen LogP contribution is 2.48. The lowest BCUT2D eigenvalue weighted by Gasteiger charge is -2.26. The molecule has 2 aromatic rings. The molecular weight excluding hydrogens is 631 g/mol. The van der Waals surface area contributed by atoms with Gasteiger partial charge in [0.05, 0.1) is 37.7 Å². The minimum atomic E-state index is -4.29. The van der Waals surface area contributed by atoms with Crippen LogP contribution in [0.15, 0.2) is 11.1 Å². The molecule has 242 valence electrons. The number of alkyl halides is 1. The van der Waals surface area contributed by atoms with E-state index in [4.69, 9.17) is 35.9 Å². The van der Waals surface area contributed by atoms with E-state index in [-0.39, 0.29) is 41.2 Å². The number of imidazole rings is 1. The number of aliphatic hydroxyl groups is 2. The second-order valence-corrected chi connectivity index (χ2v) is 14.7. The quantitative estimate of drug-likeness (QED) is 0.0827. The molecule has 2 aromatic heterocycles. The number of aliphatic hydroxyl groups excluding tert-OH is 2. The van der Waals surface area contributed by atoms with Crippen molar-refractivity contribution in [3.8, 4) is 0 Å². The van der Waals surface area contributed by atoms with E-state index >= 15 is 0 Å². The molecule has 6 N–H and O–H groups in total. The minimum absolute atomic E-state index is 0.0254. The lowest BCUT2D eigenvalue weighted by atomic mass is 9.97. The number of esters is 1. The predicted octanol–water partition coefficient (Wildman–Crippen LogP) is 1.31. The van der Waals surface area contributed by atoms with Gasteiger partial charge in [0.2, 0.25) is 5.95 Å². The highest BCUT2D eigenvalue weighted by molar-refractivity contribution is 8.13. The molecule has 3 rings (SSSR count). The first kappa shape index (κ1) is 35.4. The molecule has 1 aliphatic heterocycles. The number of nitrogen functional groups attached to an aromatic ring is 1. The van der Waals surface area contributed by atoms with Crippen molar-refractivity contribution in [2.45, 2.75) is 77.0 Å². The van der Waals surface area contributed by atoms with Crippen LogP contribution in [-0.2, 0) is 32.7 Å². The van der Waals surface area contributed by atoms with Gasteiger partial charge in [0.1, 0.15) is 23.1 Å². The summed E-state index contributed by atoms with van der Waals surface area (Å²) in [6.07, 6.45) is -2.83. The standard InChI is InChI=1S/C24H38ClN6O10PS/c1-12(2)40-19(35)13(3)30-42(37,38-7-8-43-21(36)23(4,5)10-32)39-9-14-16(33)24(6,25)20(41-14)31-11-27-15-17(31)28-22(26)29-18(15)34/h11-14,16,20,32-33H,7-10H2,1-6H3,(H,30,37)(H3,26,28,29,34)/t13-,14-,16-,20-,24-,42+/m1/s1. The summed E-state index contributed by atoms with van der Waals surface area (Å²) in [5.74, 6) is -0.811. The first-order chi connectivity index (χ1) is 19.9. The number of ether oxygens (including phenoxy) is 2. The second-order valence-electron chi connectivity index (χ2n) is 11.0. The maximum absolute atomic E-state index is 13.8. The van der Waals surface area contributed by atoms with Gasteiger partial charge in [-0.05, 0) is 41.5 Å². The number of carbonyl (C=O) groups excluding carboxylic acids is 2. The molecule has 16 nitrogen and oxygen atoms in total. The molecule has 0 spiro atoms. The zero-order chi connectivity index (χ0) is 32.3. The Morgan fingerprint density at radius 1 is 1.37 bits per heavy atom. The molecule has 1 aliphatic rings. The average molecular weight is 669 g/mol. The van der Waals surface area contributed by atoms with Crippen molar-refractivity contribution >= 4 is 59.3 Å². The van der Waals surface area contributed by atoms with E-state index in [1.54, 1.807) is 27.7 Å². The Bertz CT molecular complexity index is 1420. The molecule has 1 fully saturated rings. The third-order valence-electron chi connectivity index (χ3n) is 6.41. The number of carbonyl (C=O) groups is 2. The fraction of sp³-hybridized carbons (Fsp3) is 0.708. The number of fused-ring (bicyclic) bond motifs is 1. The van der Waals surface area contributed by atoms with Crippen molar-refractivity contribution in [2.75, 3.05) is 31.3 Å². The second kappa shape index (κ2) is 13.9. The predicted molar refractivity (Wildman–Crippen MR) is 158 cm³/mol. The first-order valence-corrected chi connectivity index (χ1v) is 16.2. The SMILES string of the molecule is CC(C)OC(=O)[C@@H](C)N[P@](=O)(OCCSC(=O)C(C)(C)CO)OC[C@H]1O[C@@H](n2cnc3c(=O)[nH]c(N)nc32)[C@](C)(Cl)[C@@H]1O. The normalized spacial score (nSPS) is 24.7. The van der Waals surface area contributed by atoms with Crippen LogP contribution in [0.3, 0.4) is 0 Å². The van der Waals surface area contributed by atoms with Gasteiger partial charge in [-0.15, -0.1) is 11.6 Å². The number of hydrogen-bond donors (Lipinski definition) is 5. The molecule has 0 bridgehead atoms. The Kier molecular flexibility index (Phi) is 11.5. The number of aromatic amines is 1. The molecule has 0 unspecified atom stereocenters. The van der Waals surface area contributed by atoms with Crippen LogP contribution >= 0.6 is 31.1 Å². The largest absolute Gasteiger partial charge is 0.462 e. The fourth-order valence-electron chi connectivity index (χ4n) is 3.92. The monoisotopic (exact) mass is 668 g/mol. The van der Waals surface area contributed by atoms with Crippen molar-refractivity contribution in [2.24, 2.45) is 5.41 Å². The van der Waals surface area contributed by atoms with E-state index in [2.05, 4.69) is 20.0 Å². The summed E-state index contributed by atoms with van der Waals surface area (Å²) in [6.45, 7) is 8.28. The van der Waals surface area contributed by atoms with Gasteiger partial charge in [-0.1, -0.05) is 11.8 Å². The van der Waals surface area contributed by atoms with Crippen LogP contribution < -0.4 is 16.4 Å². The summed E-state index contributed by atoms with van der Waals surface area (Å²) < 4.78 is 37.4. The number of nitrogens with zero attached hydrogens (tertiary/aromatic N) is 3. The number of halogens is 1. The highest BCUT2D eigenvalue weighted by Gasteiger charge is 2.54.